The van der Waals surface area contributed by atoms with Crippen molar-refractivity contribution >= 4 is 11.3 Å². The number of thiophene rings is 1. The molecule has 2 atom stereocenters. The molecule has 1 rings (SSSR count). The Morgan fingerprint density at radius 1 is 1.38 bits per heavy atom. The number of hydrogen-bond acceptors (Lipinski definition) is 4. The van der Waals surface area contributed by atoms with E-state index in [1.165, 1.54) is 9.75 Å². The molecule has 0 amide bonds. The minimum absolute atomic E-state index is 0.119. The average molecular weight is 243 g/mol. The van der Waals surface area contributed by atoms with Crippen LogP contribution in [0.15, 0.2) is 12.1 Å². The molecule has 0 fully saturated rings. The third kappa shape index (κ3) is 4.22. The van der Waals surface area contributed by atoms with E-state index in [0.29, 0.717) is 12.6 Å². The monoisotopic (exact) mass is 243 g/mol. The quantitative estimate of drug-likeness (QED) is 0.797. The fourth-order valence-electron chi connectivity index (χ4n) is 1.49. The van der Waals surface area contributed by atoms with Gasteiger partial charge in [-0.3, -0.25) is 0 Å². The summed E-state index contributed by atoms with van der Waals surface area (Å²) in [6.07, 6.45) is 0.119. The van der Waals surface area contributed by atoms with Crippen LogP contribution < -0.4 is 5.32 Å². The fraction of sp³-hybridized carbons (Fsp3) is 0.667. The van der Waals surface area contributed by atoms with Crippen LogP contribution in [0.4, 0.5) is 0 Å². The highest BCUT2D eigenvalue weighted by molar-refractivity contribution is 7.12. The van der Waals surface area contributed by atoms with Gasteiger partial charge >= 0.3 is 0 Å². The lowest BCUT2D eigenvalue weighted by molar-refractivity contribution is 0.0277. The highest BCUT2D eigenvalue weighted by Gasteiger charge is 2.11. The molecule has 92 valence electrons. The van der Waals surface area contributed by atoms with Crippen molar-refractivity contribution in [2.75, 3.05) is 27.4 Å². The van der Waals surface area contributed by atoms with Gasteiger partial charge in [0.05, 0.1) is 12.7 Å². The van der Waals surface area contributed by atoms with Gasteiger partial charge in [0.25, 0.3) is 0 Å². The summed E-state index contributed by atoms with van der Waals surface area (Å²) < 4.78 is 10.4. The number of nitrogens with one attached hydrogen (secondary N) is 1. The van der Waals surface area contributed by atoms with Gasteiger partial charge in [-0.15, -0.1) is 11.3 Å². The zero-order chi connectivity index (χ0) is 12.0. The smallest absolute Gasteiger partial charge is 0.0928 e. The largest absolute Gasteiger partial charge is 0.382 e. The van der Waals surface area contributed by atoms with Crippen LogP contribution in [0.25, 0.3) is 0 Å². The first-order valence-electron chi connectivity index (χ1n) is 5.48. The average Bonchev–Trinajstić information content (AvgIpc) is 2.70. The van der Waals surface area contributed by atoms with Crippen LogP contribution in [0.5, 0.6) is 0 Å². The number of ether oxygens (including phenoxy) is 2. The second-order valence-corrected chi connectivity index (χ2v) is 5.21. The number of methoxy groups -OCH3 is 2. The van der Waals surface area contributed by atoms with Gasteiger partial charge in [0.15, 0.2) is 0 Å². The molecule has 3 nitrogen and oxygen atoms in total. The maximum Gasteiger partial charge on any atom is 0.0928 e. The van der Waals surface area contributed by atoms with Gasteiger partial charge in [-0.1, -0.05) is 0 Å². The van der Waals surface area contributed by atoms with Crippen LogP contribution in [-0.2, 0) is 9.47 Å². The molecule has 1 heterocycles. The molecule has 0 spiro atoms. The second-order valence-electron chi connectivity index (χ2n) is 3.89. The molecule has 0 bridgehead atoms. The molecule has 2 unspecified atom stereocenters. The molecule has 1 aromatic heterocycles. The molecule has 0 aliphatic rings. The van der Waals surface area contributed by atoms with Gasteiger partial charge in [0.1, 0.15) is 0 Å². The third-order valence-corrected chi connectivity index (χ3v) is 3.71. The molecule has 0 radical (unpaired) electrons. The van der Waals surface area contributed by atoms with Gasteiger partial charge in [-0.05, 0) is 26.0 Å². The van der Waals surface area contributed by atoms with Crippen LogP contribution in [0, 0.1) is 6.92 Å². The molecule has 0 saturated heterocycles. The van der Waals surface area contributed by atoms with Crippen molar-refractivity contribution in [3.8, 4) is 0 Å². The lowest BCUT2D eigenvalue weighted by atomic mass is 10.2. The third-order valence-electron chi connectivity index (χ3n) is 2.53. The van der Waals surface area contributed by atoms with Gasteiger partial charge in [-0.2, -0.15) is 0 Å². The van der Waals surface area contributed by atoms with Crippen molar-refractivity contribution in [1.82, 2.24) is 5.32 Å². The molecule has 0 saturated carbocycles. The second kappa shape index (κ2) is 7.01. The lowest BCUT2D eigenvalue weighted by Gasteiger charge is -2.18. The number of aryl methyl sites for hydroxylation is 1. The lowest BCUT2D eigenvalue weighted by Crippen LogP contribution is -2.33. The summed E-state index contributed by atoms with van der Waals surface area (Å²) in [4.78, 5) is 2.72. The molecule has 0 aliphatic carbocycles. The van der Waals surface area contributed by atoms with Crippen molar-refractivity contribution in [3.05, 3.63) is 21.9 Å². The number of hydrogen-bond donors (Lipinski definition) is 1. The van der Waals surface area contributed by atoms with E-state index in [-0.39, 0.29) is 6.10 Å². The van der Waals surface area contributed by atoms with E-state index in [4.69, 9.17) is 9.47 Å². The molecule has 0 aromatic carbocycles. The minimum atomic E-state index is 0.119. The fourth-order valence-corrected chi connectivity index (χ4v) is 2.40. The van der Waals surface area contributed by atoms with Gasteiger partial charge in [-0.25, -0.2) is 0 Å². The van der Waals surface area contributed by atoms with Crippen LogP contribution in [0.3, 0.4) is 0 Å². The summed E-state index contributed by atoms with van der Waals surface area (Å²) in [6, 6.07) is 4.70. The minimum Gasteiger partial charge on any atom is -0.382 e. The zero-order valence-electron chi connectivity index (χ0n) is 10.4. The summed E-state index contributed by atoms with van der Waals surface area (Å²) in [7, 11) is 3.41. The van der Waals surface area contributed by atoms with Crippen LogP contribution >= 0.6 is 11.3 Å². The predicted octanol–water partition coefficient (Wildman–Crippen LogP) is 2.37. The molecular weight excluding hydrogens is 222 g/mol. The molecule has 16 heavy (non-hydrogen) atoms. The van der Waals surface area contributed by atoms with E-state index >= 15 is 0 Å². The Bertz CT molecular complexity index is 301. The van der Waals surface area contributed by atoms with Crippen molar-refractivity contribution in [3.63, 3.8) is 0 Å². The Kier molecular flexibility index (Phi) is 5.98. The first-order chi connectivity index (χ1) is 7.67. The highest BCUT2D eigenvalue weighted by Crippen LogP contribution is 2.22. The molecular formula is C12H21NO2S. The first-order valence-corrected chi connectivity index (χ1v) is 6.30. The maximum atomic E-state index is 5.30. The Morgan fingerprint density at radius 2 is 2.12 bits per heavy atom. The summed E-state index contributed by atoms with van der Waals surface area (Å²) in [6.45, 7) is 5.73. The Balaban J connectivity index is 2.36. The van der Waals surface area contributed by atoms with E-state index in [1.54, 1.807) is 14.2 Å². The highest BCUT2D eigenvalue weighted by atomic mass is 32.1. The topological polar surface area (TPSA) is 30.5 Å². The Morgan fingerprint density at radius 3 is 2.62 bits per heavy atom. The summed E-state index contributed by atoms with van der Waals surface area (Å²) in [5, 5.41) is 3.45. The van der Waals surface area contributed by atoms with E-state index < -0.39 is 0 Å². The van der Waals surface area contributed by atoms with Crippen molar-refractivity contribution < 1.29 is 9.47 Å². The standard InChI is InChI=1S/C12H21NO2S/c1-9-5-6-12(16-9)10(2)13-7-11(15-4)8-14-3/h5-6,10-11,13H,7-8H2,1-4H3. The van der Waals surface area contributed by atoms with Gasteiger partial charge < -0.3 is 14.8 Å². The zero-order valence-corrected chi connectivity index (χ0v) is 11.3. The predicted molar refractivity (Wildman–Crippen MR) is 68.1 cm³/mol. The molecule has 1 N–H and O–H groups in total. The first kappa shape index (κ1) is 13.6. The van der Waals surface area contributed by atoms with Crippen LogP contribution in [0.1, 0.15) is 22.7 Å². The van der Waals surface area contributed by atoms with Crippen molar-refractivity contribution in [2.45, 2.75) is 26.0 Å². The van der Waals surface area contributed by atoms with E-state index in [2.05, 4.69) is 31.3 Å². The maximum absolute atomic E-state index is 5.30. The van der Waals surface area contributed by atoms with Crippen LogP contribution in [0.2, 0.25) is 0 Å². The molecule has 0 aliphatic heterocycles. The van der Waals surface area contributed by atoms with Gasteiger partial charge in [0, 0.05) is 36.6 Å². The van der Waals surface area contributed by atoms with E-state index in [1.807, 2.05) is 11.3 Å². The summed E-state index contributed by atoms with van der Waals surface area (Å²) in [5.74, 6) is 0. The van der Waals surface area contributed by atoms with Gasteiger partial charge in [0.2, 0.25) is 0 Å². The van der Waals surface area contributed by atoms with Crippen LogP contribution in [-0.4, -0.2) is 33.5 Å². The van der Waals surface area contributed by atoms with Crippen molar-refractivity contribution in [1.29, 1.82) is 0 Å². The Labute approximate surface area is 102 Å². The molecule has 4 heteroatoms. The summed E-state index contributed by atoms with van der Waals surface area (Å²) in [5.41, 5.74) is 0. The van der Waals surface area contributed by atoms with E-state index in [0.717, 1.165) is 6.54 Å². The normalized spacial score (nSPS) is 15.0. The van der Waals surface area contributed by atoms with Crippen molar-refractivity contribution in [2.24, 2.45) is 0 Å². The number of rotatable bonds is 7. The Hall–Kier alpha value is -0.420. The summed E-state index contributed by atoms with van der Waals surface area (Å²) >= 11 is 1.83. The van der Waals surface area contributed by atoms with E-state index in [9.17, 15) is 0 Å². The molecule has 1 aromatic rings. The SMILES string of the molecule is COCC(CNC(C)c1ccc(C)s1)OC.